The van der Waals surface area contributed by atoms with E-state index in [1.54, 1.807) is 6.92 Å². The lowest BCUT2D eigenvalue weighted by atomic mass is 10.1. The van der Waals surface area contributed by atoms with Gasteiger partial charge >= 0.3 is 5.97 Å². The summed E-state index contributed by atoms with van der Waals surface area (Å²) >= 11 is 0. The molecule has 2 N–H and O–H groups in total. The maximum Gasteiger partial charge on any atom is 0.303 e. The molecule has 1 amide bonds. The molecule has 1 rings (SSSR count). The second-order valence-corrected chi connectivity index (χ2v) is 4.23. The molecule has 0 spiro atoms. The minimum atomic E-state index is -1.01. The number of non-ortho nitro benzene ring substituents is 1. The maximum atomic E-state index is 13.5. The third-order valence-electron chi connectivity index (χ3n) is 2.57. The molecule has 1 unspecified atom stereocenters. The molecule has 0 fully saturated rings. The summed E-state index contributed by atoms with van der Waals surface area (Å²) in [6, 6.07) is 2.15. The molecule has 1 aromatic carbocycles. The summed E-state index contributed by atoms with van der Waals surface area (Å²) in [4.78, 5) is 32.0. The summed E-state index contributed by atoms with van der Waals surface area (Å²) in [6.07, 6.45) is 0.0382. The van der Waals surface area contributed by atoms with Crippen LogP contribution in [-0.2, 0) is 4.79 Å². The van der Waals surface area contributed by atoms with E-state index in [2.05, 4.69) is 5.32 Å². The van der Waals surface area contributed by atoms with Crippen LogP contribution >= 0.6 is 0 Å². The summed E-state index contributed by atoms with van der Waals surface area (Å²) < 4.78 is 13.5. The molecule has 0 aliphatic rings. The van der Waals surface area contributed by atoms with E-state index in [1.807, 2.05) is 0 Å². The van der Waals surface area contributed by atoms with Gasteiger partial charge in [-0.25, -0.2) is 4.39 Å². The number of hydrogen-bond acceptors (Lipinski definition) is 4. The number of hydrogen-bond donors (Lipinski definition) is 2. The minimum absolute atomic E-state index is 0.140. The van der Waals surface area contributed by atoms with Gasteiger partial charge in [-0.1, -0.05) is 0 Å². The summed E-state index contributed by atoms with van der Waals surface area (Å²) in [7, 11) is 0. The van der Waals surface area contributed by atoms with E-state index in [-0.39, 0.29) is 12.8 Å². The van der Waals surface area contributed by atoms with Crippen LogP contribution < -0.4 is 5.32 Å². The average Bonchev–Trinajstić information content (AvgIpc) is 2.36. The Morgan fingerprint density at radius 3 is 2.70 bits per heavy atom. The third kappa shape index (κ3) is 4.30. The number of nitro groups is 1. The molecule has 0 bridgehead atoms. The highest BCUT2D eigenvalue weighted by molar-refractivity contribution is 5.95. The van der Waals surface area contributed by atoms with E-state index < -0.39 is 39.9 Å². The van der Waals surface area contributed by atoms with Crippen LogP contribution in [0.4, 0.5) is 10.1 Å². The van der Waals surface area contributed by atoms with Gasteiger partial charge in [0.05, 0.1) is 10.5 Å². The second kappa shape index (κ2) is 6.60. The van der Waals surface area contributed by atoms with Crippen molar-refractivity contribution < 1.29 is 24.0 Å². The van der Waals surface area contributed by atoms with Crippen molar-refractivity contribution in [3.05, 3.63) is 39.7 Å². The van der Waals surface area contributed by atoms with E-state index in [9.17, 15) is 24.1 Å². The van der Waals surface area contributed by atoms with Gasteiger partial charge in [0.2, 0.25) is 0 Å². The molecule has 0 saturated carbocycles. The zero-order chi connectivity index (χ0) is 15.3. The molecular formula is C12H13FN2O5. The fraction of sp³-hybridized carbons (Fsp3) is 0.333. The molecule has 0 aromatic heterocycles. The van der Waals surface area contributed by atoms with Crippen molar-refractivity contribution in [2.24, 2.45) is 0 Å². The van der Waals surface area contributed by atoms with Crippen molar-refractivity contribution in [3.63, 3.8) is 0 Å². The molecule has 7 nitrogen and oxygen atoms in total. The Morgan fingerprint density at radius 1 is 1.50 bits per heavy atom. The van der Waals surface area contributed by atoms with Crippen LogP contribution in [0.5, 0.6) is 0 Å². The van der Waals surface area contributed by atoms with Crippen LogP contribution in [0.2, 0.25) is 0 Å². The van der Waals surface area contributed by atoms with Crippen molar-refractivity contribution in [2.45, 2.75) is 25.8 Å². The number of nitro benzene ring substituents is 1. The van der Waals surface area contributed by atoms with E-state index in [4.69, 9.17) is 5.11 Å². The van der Waals surface area contributed by atoms with Crippen LogP contribution in [0.25, 0.3) is 0 Å². The maximum absolute atomic E-state index is 13.5. The molecule has 20 heavy (non-hydrogen) atoms. The Kier molecular flexibility index (Phi) is 5.13. The highest BCUT2D eigenvalue weighted by Gasteiger charge is 2.18. The molecule has 1 atom stereocenters. The number of carboxylic acids is 1. The number of nitrogens with zero attached hydrogens (tertiary/aromatic N) is 1. The van der Waals surface area contributed by atoms with Crippen LogP contribution in [0.1, 0.15) is 30.1 Å². The quantitative estimate of drug-likeness (QED) is 0.610. The highest BCUT2D eigenvalue weighted by Crippen LogP contribution is 2.17. The first-order valence-corrected chi connectivity index (χ1v) is 5.78. The van der Waals surface area contributed by atoms with Crippen molar-refractivity contribution in [1.82, 2.24) is 5.32 Å². The lowest BCUT2D eigenvalue weighted by Crippen LogP contribution is -2.33. The SMILES string of the molecule is CC(CCC(=O)O)NC(=O)c1cc([N+](=O)[O-])ccc1F. The Morgan fingerprint density at radius 2 is 2.15 bits per heavy atom. The van der Waals surface area contributed by atoms with Gasteiger partial charge < -0.3 is 10.4 Å². The Hall–Kier alpha value is -2.51. The van der Waals surface area contributed by atoms with Crippen LogP contribution in [-0.4, -0.2) is 27.9 Å². The Labute approximate surface area is 113 Å². The molecule has 108 valence electrons. The van der Waals surface area contributed by atoms with E-state index >= 15 is 0 Å². The van der Waals surface area contributed by atoms with E-state index in [0.717, 1.165) is 18.2 Å². The van der Waals surface area contributed by atoms with Gasteiger partial charge in [0.1, 0.15) is 5.82 Å². The van der Waals surface area contributed by atoms with Gasteiger partial charge in [0, 0.05) is 24.6 Å². The Balaban J connectivity index is 2.79. The molecular weight excluding hydrogens is 271 g/mol. The number of carbonyl (C=O) groups excluding carboxylic acids is 1. The predicted octanol–water partition coefficient (Wildman–Crippen LogP) is 1.72. The molecule has 0 aliphatic heterocycles. The number of benzene rings is 1. The largest absolute Gasteiger partial charge is 0.481 e. The van der Waals surface area contributed by atoms with Crippen molar-refractivity contribution in [2.75, 3.05) is 0 Å². The Bertz CT molecular complexity index is 547. The van der Waals surface area contributed by atoms with Crippen LogP contribution in [0, 0.1) is 15.9 Å². The van der Waals surface area contributed by atoms with Crippen molar-refractivity contribution >= 4 is 17.6 Å². The van der Waals surface area contributed by atoms with Crippen molar-refractivity contribution in [3.8, 4) is 0 Å². The number of aliphatic carboxylic acids is 1. The lowest BCUT2D eigenvalue weighted by molar-refractivity contribution is -0.384. The molecule has 0 saturated heterocycles. The molecule has 0 aliphatic carbocycles. The van der Waals surface area contributed by atoms with Gasteiger partial charge in [-0.2, -0.15) is 0 Å². The average molecular weight is 284 g/mol. The number of rotatable bonds is 6. The lowest BCUT2D eigenvalue weighted by Gasteiger charge is -2.13. The topological polar surface area (TPSA) is 110 Å². The smallest absolute Gasteiger partial charge is 0.303 e. The number of nitrogens with one attached hydrogen (secondary N) is 1. The van der Waals surface area contributed by atoms with Gasteiger partial charge in [0.15, 0.2) is 0 Å². The number of halogens is 1. The van der Waals surface area contributed by atoms with E-state index in [0.29, 0.717) is 0 Å². The number of carboxylic acid groups (broad SMARTS) is 1. The minimum Gasteiger partial charge on any atom is -0.481 e. The predicted molar refractivity (Wildman–Crippen MR) is 66.9 cm³/mol. The normalized spacial score (nSPS) is 11.7. The summed E-state index contributed by atoms with van der Waals surface area (Å²) in [5.41, 5.74) is -0.837. The van der Waals surface area contributed by atoms with Crippen molar-refractivity contribution in [1.29, 1.82) is 0 Å². The van der Waals surface area contributed by atoms with E-state index in [1.165, 1.54) is 0 Å². The van der Waals surface area contributed by atoms with Gasteiger partial charge in [-0.05, 0) is 19.4 Å². The second-order valence-electron chi connectivity index (χ2n) is 4.23. The molecule has 0 heterocycles. The summed E-state index contributed by atoms with van der Waals surface area (Å²) in [5.74, 6) is -2.70. The number of carbonyl (C=O) groups is 2. The fourth-order valence-electron chi connectivity index (χ4n) is 1.51. The monoisotopic (exact) mass is 284 g/mol. The van der Waals surface area contributed by atoms with Crippen LogP contribution in [0.15, 0.2) is 18.2 Å². The standard InChI is InChI=1S/C12H13FN2O5/c1-7(2-5-11(16)17)14-12(18)9-6-8(15(19)20)3-4-10(9)13/h3-4,6-7H,2,5H2,1H3,(H,14,18)(H,16,17). The first-order valence-electron chi connectivity index (χ1n) is 5.78. The third-order valence-corrected chi connectivity index (χ3v) is 2.57. The first kappa shape index (κ1) is 15.5. The zero-order valence-electron chi connectivity index (χ0n) is 10.6. The van der Waals surface area contributed by atoms with Gasteiger partial charge in [-0.15, -0.1) is 0 Å². The summed E-state index contributed by atoms with van der Waals surface area (Å²) in [5, 5.41) is 21.5. The fourth-order valence-corrected chi connectivity index (χ4v) is 1.51. The molecule has 8 heteroatoms. The zero-order valence-corrected chi connectivity index (χ0v) is 10.6. The van der Waals surface area contributed by atoms with Crippen LogP contribution in [0.3, 0.4) is 0 Å². The molecule has 0 radical (unpaired) electrons. The summed E-state index contributed by atoms with van der Waals surface area (Å²) in [6.45, 7) is 1.57. The highest BCUT2D eigenvalue weighted by atomic mass is 19.1. The molecule has 1 aromatic rings. The van der Waals surface area contributed by atoms with Gasteiger partial charge in [0.25, 0.3) is 11.6 Å². The first-order chi connectivity index (χ1) is 9.31. The number of amides is 1. The van der Waals surface area contributed by atoms with Gasteiger partial charge in [-0.3, -0.25) is 19.7 Å².